The Morgan fingerprint density at radius 3 is 2.17 bits per heavy atom. The van der Waals surface area contributed by atoms with Crippen molar-refractivity contribution in [3.05, 3.63) is 59.3 Å². The highest BCUT2D eigenvalue weighted by atomic mass is 19.4. The van der Waals surface area contributed by atoms with Crippen molar-refractivity contribution in [3.8, 4) is 11.1 Å². The third kappa shape index (κ3) is 2.42. The Balaban J connectivity index is 2.62. The van der Waals surface area contributed by atoms with Crippen molar-refractivity contribution in [2.75, 3.05) is 0 Å². The van der Waals surface area contributed by atoms with Crippen molar-refractivity contribution in [2.24, 2.45) is 0 Å². The molecule has 0 unspecified atom stereocenters. The Kier molecular flexibility index (Phi) is 2.94. The molecule has 0 radical (unpaired) electrons. The number of hydrogen-bond donors (Lipinski definition) is 0. The zero-order valence-corrected chi connectivity index (χ0v) is 8.91. The van der Waals surface area contributed by atoms with Crippen LogP contribution in [0.4, 0.5) is 17.6 Å². The summed E-state index contributed by atoms with van der Waals surface area (Å²) < 4.78 is 51.8. The van der Waals surface area contributed by atoms with Crippen LogP contribution < -0.4 is 4.73 Å². The van der Waals surface area contributed by atoms with Crippen molar-refractivity contribution < 1.29 is 22.3 Å². The summed E-state index contributed by atoms with van der Waals surface area (Å²) in [7, 11) is 0. The first-order valence-corrected chi connectivity index (χ1v) is 4.94. The Bertz CT molecular complexity index is 563. The molecule has 0 bridgehead atoms. The summed E-state index contributed by atoms with van der Waals surface area (Å²) in [6.45, 7) is 0. The van der Waals surface area contributed by atoms with Gasteiger partial charge in [-0.25, -0.2) is 4.39 Å². The highest BCUT2D eigenvalue weighted by Crippen LogP contribution is 2.37. The molecule has 1 aromatic carbocycles. The van der Waals surface area contributed by atoms with Gasteiger partial charge in [-0.05, 0) is 29.3 Å². The molecule has 1 heterocycles. The minimum atomic E-state index is -4.58. The standard InChI is InChI=1S/C12H7F4NO/c13-9-1-2-11(12(14,15)16)10(7-9)8-3-5-17(18)6-4-8/h1-7H. The van der Waals surface area contributed by atoms with Gasteiger partial charge < -0.3 is 5.21 Å². The first kappa shape index (κ1) is 12.3. The van der Waals surface area contributed by atoms with E-state index in [0.29, 0.717) is 10.8 Å². The molecule has 0 saturated heterocycles. The molecule has 0 aliphatic carbocycles. The van der Waals surface area contributed by atoms with E-state index in [1.165, 1.54) is 12.1 Å². The predicted octanol–water partition coefficient (Wildman–Crippen LogP) is 3.14. The first-order chi connectivity index (χ1) is 8.38. The number of pyridine rings is 1. The molecule has 0 N–H and O–H groups in total. The number of alkyl halides is 3. The largest absolute Gasteiger partial charge is 0.619 e. The van der Waals surface area contributed by atoms with Crippen molar-refractivity contribution >= 4 is 0 Å². The Labute approximate surface area is 99.7 Å². The van der Waals surface area contributed by atoms with Gasteiger partial charge >= 0.3 is 6.18 Å². The lowest BCUT2D eigenvalue weighted by atomic mass is 10.00. The smallest absolute Gasteiger partial charge is 0.417 e. The van der Waals surface area contributed by atoms with Crippen molar-refractivity contribution in [3.63, 3.8) is 0 Å². The topological polar surface area (TPSA) is 26.9 Å². The molecule has 18 heavy (non-hydrogen) atoms. The number of rotatable bonds is 1. The molecule has 0 aliphatic rings. The second-order valence-corrected chi connectivity index (χ2v) is 3.63. The summed E-state index contributed by atoms with van der Waals surface area (Å²) in [5, 5.41) is 10.8. The maximum atomic E-state index is 13.1. The van der Waals surface area contributed by atoms with Gasteiger partial charge in [0, 0.05) is 12.1 Å². The van der Waals surface area contributed by atoms with Gasteiger partial charge in [-0.1, -0.05) is 0 Å². The molecule has 6 heteroatoms. The van der Waals surface area contributed by atoms with Crippen LogP contribution in [-0.2, 0) is 6.18 Å². The van der Waals surface area contributed by atoms with Crippen LogP contribution in [-0.4, -0.2) is 0 Å². The van der Waals surface area contributed by atoms with E-state index in [4.69, 9.17) is 0 Å². The number of benzene rings is 1. The zero-order chi connectivity index (χ0) is 13.3. The Morgan fingerprint density at radius 2 is 1.61 bits per heavy atom. The molecule has 0 aliphatic heterocycles. The summed E-state index contributed by atoms with van der Waals surface area (Å²) in [5.74, 6) is -0.767. The molecule has 0 fully saturated rings. The monoisotopic (exact) mass is 257 g/mol. The summed E-state index contributed by atoms with van der Waals surface area (Å²) in [4.78, 5) is 0. The van der Waals surface area contributed by atoms with Gasteiger partial charge in [-0.3, -0.25) is 0 Å². The number of nitrogens with zero attached hydrogens (tertiary/aromatic N) is 1. The van der Waals surface area contributed by atoms with E-state index < -0.39 is 17.6 Å². The van der Waals surface area contributed by atoms with Crippen LogP contribution in [0.1, 0.15) is 5.56 Å². The van der Waals surface area contributed by atoms with Crippen LogP contribution in [0.3, 0.4) is 0 Å². The molecule has 94 valence electrons. The lowest BCUT2D eigenvalue weighted by molar-refractivity contribution is -0.605. The van der Waals surface area contributed by atoms with E-state index in [0.717, 1.165) is 24.5 Å². The maximum absolute atomic E-state index is 13.1. The summed E-state index contributed by atoms with van der Waals surface area (Å²) >= 11 is 0. The van der Waals surface area contributed by atoms with Gasteiger partial charge in [0.05, 0.1) is 5.56 Å². The van der Waals surface area contributed by atoms with Crippen molar-refractivity contribution in [2.45, 2.75) is 6.18 Å². The molecule has 1 aromatic heterocycles. The average Bonchev–Trinajstić information content (AvgIpc) is 2.28. The Hall–Kier alpha value is -2.11. The molecule has 0 spiro atoms. The van der Waals surface area contributed by atoms with E-state index in [1.54, 1.807) is 0 Å². The molecule has 2 nitrogen and oxygen atoms in total. The number of halogens is 4. The summed E-state index contributed by atoms with van der Waals surface area (Å²) in [6, 6.07) is 4.65. The molecule has 2 rings (SSSR count). The van der Waals surface area contributed by atoms with Crippen LogP contribution >= 0.6 is 0 Å². The van der Waals surface area contributed by atoms with Crippen LogP contribution in [0.25, 0.3) is 11.1 Å². The fraction of sp³-hybridized carbons (Fsp3) is 0.0833. The fourth-order valence-electron chi connectivity index (χ4n) is 1.59. The SMILES string of the molecule is [O-][n+]1ccc(-c2cc(F)ccc2C(F)(F)F)cc1. The van der Waals surface area contributed by atoms with Crippen LogP contribution in [0.15, 0.2) is 42.7 Å². The van der Waals surface area contributed by atoms with Gasteiger partial charge in [0.1, 0.15) is 5.82 Å². The minimum absolute atomic E-state index is 0.133. The van der Waals surface area contributed by atoms with Crippen LogP contribution in [0.2, 0.25) is 0 Å². The minimum Gasteiger partial charge on any atom is -0.619 e. The third-order valence-electron chi connectivity index (χ3n) is 2.40. The van der Waals surface area contributed by atoms with Crippen LogP contribution in [0.5, 0.6) is 0 Å². The van der Waals surface area contributed by atoms with E-state index in [9.17, 15) is 22.8 Å². The molecule has 0 atom stereocenters. The number of hydrogen-bond acceptors (Lipinski definition) is 1. The maximum Gasteiger partial charge on any atom is 0.417 e. The lowest BCUT2D eigenvalue weighted by Crippen LogP contribution is -2.23. The van der Waals surface area contributed by atoms with E-state index in [1.807, 2.05) is 0 Å². The van der Waals surface area contributed by atoms with Gasteiger partial charge in [0.15, 0.2) is 12.4 Å². The molecular weight excluding hydrogens is 250 g/mol. The first-order valence-electron chi connectivity index (χ1n) is 4.94. The second kappa shape index (κ2) is 4.29. The molecular formula is C12H7F4NO. The van der Waals surface area contributed by atoms with Gasteiger partial charge in [0.25, 0.3) is 0 Å². The highest BCUT2D eigenvalue weighted by molar-refractivity contribution is 5.67. The van der Waals surface area contributed by atoms with Gasteiger partial charge in [-0.15, -0.1) is 0 Å². The highest BCUT2D eigenvalue weighted by Gasteiger charge is 2.33. The van der Waals surface area contributed by atoms with Gasteiger partial charge in [-0.2, -0.15) is 17.9 Å². The molecule has 2 aromatic rings. The van der Waals surface area contributed by atoms with Gasteiger partial charge in [0.2, 0.25) is 0 Å². The molecule has 0 amide bonds. The predicted molar refractivity (Wildman–Crippen MR) is 55.8 cm³/mol. The van der Waals surface area contributed by atoms with Crippen molar-refractivity contribution in [1.29, 1.82) is 0 Å². The molecule has 0 saturated carbocycles. The summed E-state index contributed by atoms with van der Waals surface area (Å²) in [5.41, 5.74) is -1.09. The van der Waals surface area contributed by atoms with Crippen LogP contribution in [0, 0.1) is 11.0 Å². The normalized spacial score (nSPS) is 11.6. The van der Waals surface area contributed by atoms with E-state index in [-0.39, 0.29) is 11.1 Å². The fourth-order valence-corrected chi connectivity index (χ4v) is 1.59. The lowest BCUT2D eigenvalue weighted by Gasteiger charge is -2.12. The summed E-state index contributed by atoms with van der Waals surface area (Å²) in [6.07, 6.45) is -2.47. The Morgan fingerprint density at radius 1 is 1.00 bits per heavy atom. The quantitative estimate of drug-likeness (QED) is 0.438. The van der Waals surface area contributed by atoms with E-state index >= 15 is 0 Å². The second-order valence-electron chi connectivity index (χ2n) is 3.63. The number of aromatic nitrogens is 1. The van der Waals surface area contributed by atoms with E-state index in [2.05, 4.69) is 0 Å². The average molecular weight is 257 g/mol. The zero-order valence-electron chi connectivity index (χ0n) is 8.91. The third-order valence-corrected chi connectivity index (χ3v) is 2.40. The van der Waals surface area contributed by atoms with Crippen molar-refractivity contribution in [1.82, 2.24) is 0 Å².